The van der Waals surface area contributed by atoms with E-state index in [1.165, 1.54) is 6.92 Å². The Morgan fingerprint density at radius 2 is 1.86 bits per heavy atom. The van der Waals surface area contributed by atoms with Crippen LogP contribution in [0.4, 0.5) is 4.79 Å². The van der Waals surface area contributed by atoms with Crippen LogP contribution >= 0.6 is 0 Å². The number of carbonyl (C=O) groups excluding carboxylic acids is 1. The van der Waals surface area contributed by atoms with Crippen LogP contribution in [-0.2, 0) is 9.53 Å². The van der Waals surface area contributed by atoms with E-state index in [4.69, 9.17) is 9.84 Å². The molecule has 0 aromatic heterocycles. The Morgan fingerprint density at radius 1 is 1.36 bits per heavy atom. The van der Waals surface area contributed by atoms with E-state index in [1.54, 1.807) is 20.8 Å². The fourth-order valence-corrected chi connectivity index (χ4v) is 0.686. The van der Waals surface area contributed by atoms with Gasteiger partial charge in [-0.25, -0.2) is 9.59 Å². The fourth-order valence-electron chi connectivity index (χ4n) is 0.686. The van der Waals surface area contributed by atoms with E-state index in [0.29, 0.717) is 0 Å². The molecule has 14 heavy (non-hydrogen) atoms. The van der Waals surface area contributed by atoms with Crippen LogP contribution in [0.25, 0.3) is 0 Å². The van der Waals surface area contributed by atoms with E-state index in [-0.39, 0.29) is 5.70 Å². The number of allylic oxidation sites excluding steroid dienone is 1. The Morgan fingerprint density at radius 3 is 2.21 bits per heavy atom. The van der Waals surface area contributed by atoms with Crippen molar-refractivity contribution in [2.45, 2.75) is 33.3 Å². The molecule has 0 aromatic rings. The van der Waals surface area contributed by atoms with Gasteiger partial charge < -0.3 is 9.84 Å². The second kappa shape index (κ2) is 4.64. The molecule has 0 radical (unpaired) electrons. The van der Waals surface area contributed by atoms with Gasteiger partial charge in [0.15, 0.2) is 0 Å². The minimum Gasteiger partial charge on any atom is -0.478 e. The molecular formula is C9H15NO4. The number of carboxylic acids is 1. The van der Waals surface area contributed by atoms with Crippen LogP contribution in [0.2, 0.25) is 0 Å². The molecule has 0 aliphatic carbocycles. The topological polar surface area (TPSA) is 75.6 Å². The molecule has 0 spiro atoms. The Hall–Kier alpha value is -1.52. The van der Waals surface area contributed by atoms with Gasteiger partial charge in [0.25, 0.3) is 0 Å². The zero-order chi connectivity index (χ0) is 11.4. The highest BCUT2D eigenvalue weighted by Crippen LogP contribution is 2.06. The normalized spacial score (nSPS) is 12.1. The number of nitrogens with one attached hydrogen (secondary N) is 1. The van der Waals surface area contributed by atoms with Crippen molar-refractivity contribution in [2.24, 2.45) is 0 Å². The lowest BCUT2D eigenvalue weighted by atomic mass is 10.2. The van der Waals surface area contributed by atoms with Gasteiger partial charge in [0.2, 0.25) is 0 Å². The summed E-state index contributed by atoms with van der Waals surface area (Å²) in [7, 11) is 0. The molecule has 0 saturated carbocycles. The van der Waals surface area contributed by atoms with E-state index in [9.17, 15) is 9.59 Å². The number of aliphatic carboxylic acids is 1. The summed E-state index contributed by atoms with van der Waals surface area (Å²) in [6.45, 7) is 6.65. The van der Waals surface area contributed by atoms with Crippen LogP contribution in [0.1, 0.15) is 27.7 Å². The molecule has 0 aliphatic heterocycles. The first kappa shape index (κ1) is 12.5. The van der Waals surface area contributed by atoms with Crippen molar-refractivity contribution in [3.05, 3.63) is 11.8 Å². The number of ether oxygens (including phenoxy) is 1. The number of hydrogen-bond acceptors (Lipinski definition) is 3. The monoisotopic (exact) mass is 201 g/mol. The molecule has 5 nitrogen and oxygen atoms in total. The van der Waals surface area contributed by atoms with Crippen LogP contribution in [0, 0.1) is 0 Å². The van der Waals surface area contributed by atoms with Crippen LogP contribution in [-0.4, -0.2) is 22.8 Å². The van der Waals surface area contributed by atoms with Gasteiger partial charge in [-0.3, -0.25) is 5.32 Å². The lowest BCUT2D eigenvalue weighted by Gasteiger charge is -2.19. The highest BCUT2D eigenvalue weighted by molar-refractivity contribution is 5.82. The average molecular weight is 201 g/mol. The Kier molecular flexibility index (Phi) is 4.14. The van der Waals surface area contributed by atoms with Crippen molar-refractivity contribution in [3.8, 4) is 0 Å². The number of rotatable bonds is 2. The molecule has 0 aliphatic rings. The summed E-state index contributed by atoms with van der Waals surface area (Å²) >= 11 is 0. The Balaban J connectivity index is 4.14. The maximum Gasteiger partial charge on any atom is 0.411 e. The lowest BCUT2D eigenvalue weighted by Crippen LogP contribution is -2.31. The van der Waals surface area contributed by atoms with Crippen molar-refractivity contribution in [3.63, 3.8) is 0 Å². The highest BCUT2D eigenvalue weighted by atomic mass is 16.6. The summed E-state index contributed by atoms with van der Waals surface area (Å²) < 4.78 is 4.91. The second-order valence-corrected chi connectivity index (χ2v) is 3.79. The highest BCUT2D eigenvalue weighted by Gasteiger charge is 2.15. The van der Waals surface area contributed by atoms with E-state index >= 15 is 0 Å². The third-order valence-electron chi connectivity index (χ3n) is 1.04. The van der Waals surface area contributed by atoms with Crippen LogP contribution in [0.5, 0.6) is 0 Å². The smallest absolute Gasteiger partial charge is 0.411 e. The van der Waals surface area contributed by atoms with Gasteiger partial charge in [-0.2, -0.15) is 0 Å². The molecule has 1 amide bonds. The minimum atomic E-state index is -1.11. The van der Waals surface area contributed by atoms with Gasteiger partial charge >= 0.3 is 12.1 Å². The van der Waals surface area contributed by atoms with Gasteiger partial charge in [-0.15, -0.1) is 0 Å². The maximum atomic E-state index is 11.1. The molecule has 0 unspecified atom stereocenters. The van der Waals surface area contributed by atoms with Crippen molar-refractivity contribution < 1.29 is 19.4 Å². The number of carboxylic acid groups (broad SMARTS) is 1. The van der Waals surface area contributed by atoms with Gasteiger partial charge in [0.1, 0.15) is 5.60 Å². The number of hydrogen-bond donors (Lipinski definition) is 2. The van der Waals surface area contributed by atoms with Crippen molar-refractivity contribution in [1.82, 2.24) is 5.32 Å². The first-order chi connectivity index (χ1) is 6.20. The predicted molar refractivity (Wildman–Crippen MR) is 50.8 cm³/mol. The first-order valence-electron chi connectivity index (χ1n) is 4.12. The van der Waals surface area contributed by atoms with Crippen LogP contribution in [0.15, 0.2) is 11.8 Å². The van der Waals surface area contributed by atoms with Crippen LogP contribution < -0.4 is 5.32 Å². The van der Waals surface area contributed by atoms with E-state index in [1.807, 2.05) is 0 Å². The molecule has 2 N–H and O–H groups in total. The Labute approximate surface area is 82.7 Å². The van der Waals surface area contributed by atoms with Crippen molar-refractivity contribution in [2.75, 3.05) is 0 Å². The molecule has 0 heterocycles. The van der Waals surface area contributed by atoms with Gasteiger partial charge in [0, 0.05) is 11.8 Å². The molecule has 0 atom stereocenters. The van der Waals surface area contributed by atoms with E-state index in [0.717, 1.165) is 6.08 Å². The number of amides is 1. The summed E-state index contributed by atoms with van der Waals surface area (Å²) in [5, 5.41) is 10.6. The van der Waals surface area contributed by atoms with Gasteiger partial charge in [-0.05, 0) is 27.7 Å². The Bertz CT molecular complexity index is 262. The summed E-state index contributed by atoms with van der Waals surface area (Å²) in [5.74, 6) is -1.11. The average Bonchev–Trinajstić information content (AvgIpc) is 1.77. The summed E-state index contributed by atoms with van der Waals surface area (Å²) in [6.07, 6.45) is 0.233. The molecule has 0 fully saturated rings. The summed E-state index contributed by atoms with van der Waals surface area (Å²) in [4.78, 5) is 21.3. The SMILES string of the molecule is C/C(=C\C(=O)O)NC(=O)OC(C)(C)C. The standard InChI is InChI=1S/C9H15NO4/c1-6(5-7(11)12)10-8(13)14-9(2,3)4/h5H,1-4H3,(H,10,13)(H,11,12)/b6-5+. The van der Waals surface area contributed by atoms with Crippen molar-refractivity contribution >= 4 is 12.1 Å². The summed E-state index contributed by atoms with van der Waals surface area (Å²) in [6, 6.07) is 0. The number of alkyl carbamates (subject to hydrolysis) is 1. The first-order valence-corrected chi connectivity index (χ1v) is 4.12. The van der Waals surface area contributed by atoms with Gasteiger partial charge in [0.05, 0.1) is 0 Å². The predicted octanol–water partition coefficient (Wildman–Crippen LogP) is 1.50. The molecule has 0 saturated heterocycles. The third-order valence-corrected chi connectivity index (χ3v) is 1.04. The quantitative estimate of drug-likeness (QED) is 0.664. The molecule has 0 rings (SSSR count). The summed E-state index contributed by atoms with van der Waals surface area (Å²) in [5.41, 5.74) is -0.361. The number of carbonyl (C=O) groups is 2. The largest absolute Gasteiger partial charge is 0.478 e. The molecule has 0 aromatic carbocycles. The van der Waals surface area contributed by atoms with Gasteiger partial charge in [-0.1, -0.05) is 0 Å². The fraction of sp³-hybridized carbons (Fsp3) is 0.556. The molecule has 5 heteroatoms. The molecule has 80 valence electrons. The van der Waals surface area contributed by atoms with Crippen molar-refractivity contribution in [1.29, 1.82) is 0 Å². The lowest BCUT2D eigenvalue weighted by molar-refractivity contribution is -0.131. The van der Waals surface area contributed by atoms with Crippen LogP contribution in [0.3, 0.4) is 0 Å². The molecule has 0 bridgehead atoms. The van der Waals surface area contributed by atoms with E-state index < -0.39 is 17.7 Å². The second-order valence-electron chi connectivity index (χ2n) is 3.79. The third kappa shape index (κ3) is 7.15. The zero-order valence-electron chi connectivity index (χ0n) is 8.75. The molecular weight excluding hydrogens is 186 g/mol. The van der Waals surface area contributed by atoms with E-state index in [2.05, 4.69) is 5.32 Å². The zero-order valence-corrected chi connectivity index (χ0v) is 8.75. The maximum absolute atomic E-state index is 11.1. The minimum absolute atomic E-state index is 0.228.